The molecular formula is C11H22N2O. The van der Waals surface area contributed by atoms with Gasteiger partial charge in [0.2, 0.25) is 0 Å². The van der Waals surface area contributed by atoms with Gasteiger partial charge in [0.1, 0.15) is 0 Å². The Morgan fingerprint density at radius 1 is 1.14 bits per heavy atom. The summed E-state index contributed by atoms with van der Waals surface area (Å²) < 4.78 is 0. The highest BCUT2D eigenvalue weighted by molar-refractivity contribution is 4.94. The second-order valence-electron chi connectivity index (χ2n) is 4.71. The molecule has 2 rings (SSSR count). The molecule has 0 aromatic carbocycles. The Morgan fingerprint density at radius 2 is 1.86 bits per heavy atom. The van der Waals surface area contributed by atoms with Crippen molar-refractivity contribution in [2.75, 3.05) is 13.2 Å². The van der Waals surface area contributed by atoms with Crippen molar-refractivity contribution < 1.29 is 5.11 Å². The highest BCUT2D eigenvalue weighted by Gasteiger charge is 2.36. The number of aliphatic hydroxyl groups is 1. The van der Waals surface area contributed by atoms with Gasteiger partial charge in [0.05, 0.1) is 6.61 Å². The van der Waals surface area contributed by atoms with Gasteiger partial charge in [-0.15, -0.1) is 0 Å². The van der Waals surface area contributed by atoms with E-state index in [2.05, 4.69) is 4.90 Å². The van der Waals surface area contributed by atoms with Crippen molar-refractivity contribution >= 4 is 0 Å². The van der Waals surface area contributed by atoms with E-state index in [4.69, 9.17) is 10.8 Å². The van der Waals surface area contributed by atoms with E-state index in [1.54, 1.807) is 0 Å². The maximum Gasteiger partial charge on any atom is 0.0558 e. The summed E-state index contributed by atoms with van der Waals surface area (Å²) in [5.41, 5.74) is 6.15. The summed E-state index contributed by atoms with van der Waals surface area (Å²) in [5.74, 6) is 0. The molecule has 2 atom stereocenters. The van der Waals surface area contributed by atoms with E-state index in [0.717, 1.165) is 12.6 Å². The number of aliphatic hydroxyl groups excluding tert-OH is 1. The summed E-state index contributed by atoms with van der Waals surface area (Å²) in [6, 6.07) is 1.62. The van der Waals surface area contributed by atoms with Crippen molar-refractivity contribution in [2.45, 2.75) is 56.7 Å². The van der Waals surface area contributed by atoms with Crippen molar-refractivity contribution in [3.63, 3.8) is 0 Å². The molecule has 2 fully saturated rings. The lowest BCUT2D eigenvalue weighted by Gasteiger charge is -2.38. The molecule has 0 aromatic rings. The van der Waals surface area contributed by atoms with E-state index < -0.39 is 0 Å². The van der Waals surface area contributed by atoms with E-state index in [-0.39, 0.29) is 6.61 Å². The summed E-state index contributed by atoms with van der Waals surface area (Å²) in [7, 11) is 0. The normalized spacial score (nSPS) is 33.6. The Hall–Kier alpha value is -0.120. The molecule has 2 saturated carbocycles. The van der Waals surface area contributed by atoms with Gasteiger partial charge >= 0.3 is 0 Å². The molecule has 2 unspecified atom stereocenters. The summed E-state index contributed by atoms with van der Waals surface area (Å²) in [5, 5.41) is 9.05. The van der Waals surface area contributed by atoms with Gasteiger partial charge in [-0.05, 0) is 25.7 Å². The first-order valence-corrected chi connectivity index (χ1v) is 5.95. The quantitative estimate of drug-likeness (QED) is 0.699. The molecule has 0 radical (unpaired) electrons. The maximum absolute atomic E-state index is 9.05. The minimum Gasteiger partial charge on any atom is -0.395 e. The smallest absolute Gasteiger partial charge is 0.0558 e. The fraction of sp³-hybridized carbons (Fsp3) is 1.00. The summed E-state index contributed by atoms with van der Waals surface area (Å²) >= 11 is 0. The van der Waals surface area contributed by atoms with Gasteiger partial charge in [-0.3, -0.25) is 4.90 Å². The molecule has 3 nitrogen and oxygen atoms in total. The number of rotatable bonds is 4. The van der Waals surface area contributed by atoms with E-state index >= 15 is 0 Å². The minimum atomic E-state index is 0.278. The van der Waals surface area contributed by atoms with Crippen LogP contribution >= 0.6 is 0 Å². The molecule has 0 amide bonds. The van der Waals surface area contributed by atoms with Crippen molar-refractivity contribution in [1.29, 1.82) is 0 Å². The van der Waals surface area contributed by atoms with Crippen LogP contribution in [0.25, 0.3) is 0 Å². The molecule has 2 aliphatic rings. The molecule has 3 N–H and O–H groups in total. The van der Waals surface area contributed by atoms with Crippen LogP contribution in [0.4, 0.5) is 0 Å². The van der Waals surface area contributed by atoms with Crippen LogP contribution in [0.3, 0.4) is 0 Å². The molecule has 0 bridgehead atoms. The van der Waals surface area contributed by atoms with Crippen LogP contribution in [-0.4, -0.2) is 41.3 Å². The van der Waals surface area contributed by atoms with E-state index in [0.29, 0.717) is 12.1 Å². The second kappa shape index (κ2) is 4.60. The lowest BCUT2D eigenvalue weighted by atomic mass is 9.89. The standard InChI is InChI=1S/C11H22N2O/c12-10-3-1-2-4-11(10)13(7-8-14)9-5-6-9/h9-11,14H,1-8,12H2. The van der Waals surface area contributed by atoms with Gasteiger partial charge in [-0.25, -0.2) is 0 Å². The third-order valence-corrected chi connectivity index (χ3v) is 3.58. The molecule has 2 aliphatic carbocycles. The molecular weight excluding hydrogens is 176 g/mol. The van der Waals surface area contributed by atoms with Crippen LogP contribution in [0.5, 0.6) is 0 Å². The van der Waals surface area contributed by atoms with Gasteiger partial charge in [-0.1, -0.05) is 12.8 Å². The highest BCUT2D eigenvalue weighted by Crippen LogP contribution is 2.32. The second-order valence-corrected chi connectivity index (χ2v) is 4.71. The van der Waals surface area contributed by atoms with Crippen LogP contribution in [0, 0.1) is 0 Å². The Bertz CT molecular complexity index is 180. The molecule has 0 aliphatic heterocycles. The fourth-order valence-electron chi connectivity index (χ4n) is 2.69. The molecule has 0 spiro atoms. The van der Waals surface area contributed by atoms with Gasteiger partial charge in [-0.2, -0.15) is 0 Å². The predicted octanol–water partition coefficient (Wildman–Crippen LogP) is 0.713. The van der Waals surface area contributed by atoms with E-state index in [9.17, 15) is 0 Å². The van der Waals surface area contributed by atoms with Crippen molar-refractivity contribution in [2.24, 2.45) is 5.73 Å². The molecule has 0 aromatic heterocycles. The lowest BCUT2D eigenvalue weighted by molar-refractivity contribution is 0.103. The van der Waals surface area contributed by atoms with Crippen LogP contribution in [0.15, 0.2) is 0 Å². The van der Waals surface area contributed by atoms with Crippen molar-refractivity contribution in [3.05, 3.63) is 0 Å². The van der Waals surface area contributed by atoms with E-state index in [1.807, 2.05) is 0 Å². The van der Waals surface area contributed by atoms with Gasteiger partial charge in [0, 0.05) is 24.7 Å². The van der Waals surface area contributed by atoms with Crippen LogP contribution in [0.1, 0.15) is 38.5 Å². The first kappa shape index (κ1) is 10.4. The predicted molar refractivity (Wildman–Crippen MR) is 57.0 cm³/mol. The minimum absolute atomic E-state index is 0.278. The molecule has 82 valence electrons. The maximum atomic E-state index is 9.05. The van der Waals surface area contributed by atoms with Gasteiger partial charge in [0.25, 0.3) is 0 Å². The van der Waals surface area contributed by atoms with Crippen molar-refractivity contribution in [1.82, 2.24) is 4.90 Å². The monoisotopic (exact) mass is 198 g/mol. The molecule has 0 heterocycles. The SMILES string of the molecule is NC1CCCCC1N(CCO)C1CC1. The number of nitrogens with two attached hydrogens (primary N) is 1. The average Bonchev–Trinajstić information content (AvgIpc) is 2.99. The third kappa shape index (κ3) is 2.27. The van der Waals surface area contributed by atoms with Crippen molar-refractivity contribution in [3.8, 4) is 0 Å². The zero-order valence-electron chi connectivity index (χ0n) is 8.86. The molecule has 14 heavy (non-hydrogen) atoms. The molecule has 0 saturated heterocycles. The summed E-state index contributed by atoms with van der Waals surface area (Å²) in [6.45, 7) is 1.10. The zero-order chi connectivity index (χ0) is 9.97. The Labute approximate surface area is 86.3 Å². The Kier molecular flexibility index (Phi) is 3.42. The van der Waals surface area contributed by atoms with Gasteiger partial charge in [0.15, 0.2) is 0 Å². The molecule has 3 heteroatoms. The van der Waals surface area contributed by atoms with Crippen LogP contribution < -0.4 is 5.73 Å². The zero-order valence-corrected chi connectivity index (χ0v) is 8.86. The lowest BCUT2D eigenvalue weighted by Crippen LogP contribution is -2.51. The third-order valence-electron chi connectivity index (χ3n) is 3.58. The highest BCUT2D eigenvalue weighted by atomic mass is 16.3. The van der Waals surface area contributed by atoms with Gasteiger partial charge < -0.3 is 10.8 Å². The summed E-state index contributed by atoms with van der Waals surface area (Å²) in [4.78, 5) is 2.46. The summed E-state index contributed by atoms with van der Waals surface area (Å²) in [6.07, 6.45) is 7.62. The van der Waals surface area contributed by atoms with Crippen LogP contribution in [0.2, 0.25) is 0 Å². The first-order valence-electron chi connectivity index (χ1n) is 5.95. The fourth-order valence-corrected chi connectivity index (χ4v) is 2.69. The average molecular weight is 198 g/mol. The van der Waals surface area contributed by atoms with E-state index in [1.165, 1.54) is 38.5 Å². The largest absolute Gasteiger partial charge is 0.395 e. The number of hydrogen-bond acceptors (Lipinski definition) is 3. The number of hydrogen-bond donors (Lipinski definition) is 2. The Morgan fingerprint density at radius 3 is 2.43 bits per heavy atom. The first-order chi connectivity index (χ1) is 6.83. The number of nitrogens with zero attached hydrogens (tertiary/aromatic N) is 1. The Balaban J connectivity index is 1.93. The topological polar surface area (TPSA) is 49.5 Å². The van der Waals surface area contributed by atoms with Crippen LogP contribution in [-0.2, 0) is 0 Å².